The van der Waals surface area contributed by atoms with Crippen molar-refractivity contribution in [1.29, 1.82) is 0 Å². The van der Waals surface area contributed by atoms with Gasteiger partial charge in [0.2, 0.25) is 5.91 Å². The summed E-state index contributed by atoms with van der Waals surface area (Å²) in [7, 11) is 0. The van der Waals surface area contributed by atoms with Gasteiger partial charge in [-0.15, -0.1) is 10.2 Å². The molecular weight excluding hydrogens is 346 g/mol. The van der Waals surface area contributed by atoms with Gasteiger partial charge in [-0.2, -0.15) is 0 Å². The Morgan fingerprint density at radius 3 is 2.46 bits per heavy atom. The van der Waals surface area contributed by atoms with E-state index >= 15 is 0 Å². The Morgan fingerprint density at radius 2 is 1.73 bits per heavy atom. The van der Waals surface area contributed by atoms with Gasteiger partial charge >= 0.3 is 0 Å². The van der Waals surface area contributed by atoms with Crippen molar-refractivity contribution in [1.82, 2.24) is 24.6 Å². The molecule has 1 fully saturated rings. The van der Waals surface area contributed by atoms with Crippen molar-refractivity contribution in [3.8, 4) is 17.1 Å². The number of amides is 1. The van der Waals surface area contributed by atoms with Crippen LogP contribution in [-0.2, 0) is 4.79 Å². The maximum Gasteiger partial charge on any atom is 0.233 e. The summed E-state index contributed by atoms with van der Waals surface area (Å²) in [4.78, 5) is 18.4. The van der Waals surface area contributed by atoms with Crippen molar-refractivity contribution in [2.24, 2.45) is 0 Å². The van der Waals surface area contributed by atoms with Crippen LogP contribution in [0.15, 0.2) is 60.0 Å². The molecule has 3 aromatic rings. The van der Waals surface area contributed by atoms with Crippen molar-refractivity contribution in [3.63, 3.8) is 0 Å². The molecule has 132 valence electrons. The van der Waals surface area contributed by atoms with Gasteiger partial charge in [-0.3, -0.25) is 14.3 Å². The monoisotopic (exact) mass is 365 g/mol. The number of nitrogens with zero attached hydrogens (tertiary/aromatic N) is 5. The molecule has 26 heavy (non-hydrogen) atoms. The quantitative estimate of drug-likeness (QED) is 0.650. The van der Waals surface area contributed by atoms with Crippen LogP contribution in [0.4, 0.5) is 0 Å². The summed E-state index contributed by atoms with van der Waals surface area (Å²) in [6.45, 7) is 1.74. The lowest BCUT2D eigenvalue weighted by Crippen LogP contribution is -2.29. The average molecular weight is 365 g/mol. The normalized spacial score (nSPS) is 13.9. The number of likely N-dealkylation sites (tertiary alicyclic amines) is 1. The third-order valence-electron chi connectivity index (χ3n) is 4.37. The van der Waals surface area contributed by atoms with E-state index in [1.165, 1.54) is 11.8 Å². The van der Waals surface area contributed by atoms with Crippen LogP contribution >= 0.6 is 11.8 Å². The molecule has 0 radical (unpaired) electrons. The predicted octanol–water partition coefficient (Wildman–Crippen LogP) is 3.04. The minimum absolute atomic E-state index is 0.167. The van der Waals surface area contributed by atoms with Crippen LogP contribution in [0.1, 0.15) is 12.8 Å². The lowest BCUT2D eigenvalue weighted by Gasteiger charge is -2.15. The van der Waals surface area contributed by atoms with Gasteiger partial charge in [0.05, 0.1) is 5.75 Å². The summed E-state index contributed by atoms with van der Waals surface area (Å²) in [6, 6.07) is 13.8. The summed E-state index contributed by atoms with van der Waals surface area (Å²) < 4.78 is 2.00. The fourth-order valence-electron chi connectivity index (χ4n) is 3.05. The van der Waals surface area contributed by atoms with Crippen LogP contribution in [0, 0.1) is 0 Å². The molecule has 0 N–H and O–H groups in total. The molecule has 3 heterocycles. The Kier molecular flexibility index (Phi) is 4.97. The maximum atomic E-state index is 12.4. The minimum Gasteiger partial charge on any atom is -0.342 e. The van der Waals surface area contributed by atoms with Crippen LogP contribution in [0.25, 0.3) is 17.1 Å². The number of hydrogen-bond acceptors (Lipinski definition) is 5. The van der Waals surface area contributed by atoms with Gasteiger partial charge in [0.1, 0.15) is 0 Å². The molecule has 0 aliphatic carbocycles. The first kappa shape index (κ1) is 16.8. The first-order valence-corrected chi connectivity index (χ1v) is 9.63. The molecule has 0 atom stereocenters. The third kappa shape index (κ3) is 3.48. The van der Waals surface area contributed by atoms with Crippen LogP contribution in [0.2, 0.25) is 0 Å². The Hall–Kier alpha value is -2.67. The van der Waals surface area contributed by atoms with E-state index in [2.05, 4.69) is 15.2 Å². The number of carbonyl (C=O) groups is 1. The van der Waals surface area contributed by atoms with E-state index in [-0.39, 0.29) is 5.91 Å². The van der Waals surface area contributed by atoms with Gasteiger partial charge in [-0.25, -0.2) is 0 Å². The van der Waals surface area contributed by atoms with Crippen molar-refractivity contribution in [2.45, 2.75) is 18.0 Å². The van der Waals surface area contributed by atoms with Gasteiger partial charge in [0.25, 0.3) is 0 Å². The molecule has 6 nitrogen and oxygen atoms in total. The summed E-state index contributed by atoms with van der Waals surface area (Å²) in [5, 5.41) is 9.45. The van der Waals surface area contributed by atoms with Crippen molar-refractivity contribution in [2.75, 3.05) is 18.8 Å². The number of hydrogen-bond donors (Lipinski definition) is 0. The van der Waals surface area contributed by atoms with Crippen molar-refractivity contribution >= 4 is 17.7 Å². The van der Waals surface area contributed by atoms with Crippen molar-refractivity contribution < 1.29 is 4.79 Å². The molecule has 1 aliphatic rings. The molecule has 1 saturated heterocycles. The molecule has 1 aromatic carbocycles. The van der Waals surface area contributed by atoms with Gasteiger partial charge < -0.3 is 4.90 Å². The average Bonchev–Trinajstić information content (AvgIpc) is 3.37. The highest BCUT2D eigenvalue weighted by Crippen LogP contribution is 2.28. The number of aromatic nitrogens is 4. The van der Waals surface area contributed by atoms with Crippen LogP contribution < -0.4 is 0 Å². The SMILES string of the molecule is O=C(CSc1nnc(-c2ccncc2)n1-c1ccccc1)N1CCCC1. The highest BCUT2D eigenvalue weighted by molar-refractivity contribution is 7.99. The van der Waals surface area contributed by atoms with E-state index in [1.54, 1.807) is 12.4 Å². The second kappa shape index (κ2) is 7.70. The fraction of sp³-hybridized carbons (Fsp3) is 0.263. The molecule has 0 saturated carbocycles. The van der Waals surface area contributed by atoms with E-state index in [1.807, 2.05) is 51.9 Å². The molecule has 0 spiro atoms. The van der Waals surface area contributed by atoms with E-state index in [9.17, 15) is 4.79 Å². The molecular formula is C19H19N5OS. The smallest absolute Gasteiger partial charge is 0.233 e. The third-order valence-corrected chi connectivity index (χ3v) is 5.28. The fourth-order valence-corrected chi connectivity index (χ4v) is 3.90. The molecule has 0 bridgehead atoms. The van der Waals surface area contributed by atoms with Crippen molar-refractivity contribution in [3.05, 3.63) is 54.9 Å². The largest absolute Gasteiger partial charge is 0.342 e. The Balaban J connectivity index is 1.64. The molecule has 2 aromatic heterocycles. The van der Waals surface area contributed by atoms with Gasteiger partial charge in [0, 0.05) is 36.7 Å². The van der Waals surface area contributed by atoms with Gasteiger partial charge in [-0.05, 0) is 37.1 Å². The zero-order valence-corrected chi connectivity index (χ0v) is 15.1. The van der Waals surface area contributed by atoms with E-state index in [0.717, 1.165) is 48.2 Å². The maximum absolute atomic E-state index is 12.4. The molecule has 4 rings (SSSR count). The summed E-state index contributed by atoms with van der Waals surface area (Å²) in [5.74, 6) is 1.29. The van der Waals surface area contributed by atoms with Crippen LogP contribution in [0.5, 0.6) is 0 Å². The van der Waals surface area contributed by atoms with Crippen LogP contribution in [0.3, 0.4) is 0 Å². The van der Waals surface area contributed by atoms with Crippen LogP contribution in [-0.4, -0.2) is 49.4 Å². The summed E-state index contributed by atoms with van der Waals surface area (Å²) >= 11 is 1.43. The Labute approximate surface area is 156 Å². The second-order valence-electron chi connectivity index (χ2n) is 6.09. The number of carbonyl (C=O) groups excluding carboxylic acids is 1. The Morgan fingerprint density at radius 1 is 1.00 bits per heavy atom. The number of para-hydroxylation sites is 1. The lowest BCUT2D eigenvalue weighted by atomic mass is 10.2. The molecule has 1 aliphatic heterocycles. The van der Waals surface area contributed by atoms with E-state index in [0.29, 0.717) is 5.75 Å². The lowest BCUT2D eigenvalue weighted by molar-refractivity contribution is -0.127. The molecule has 7 heteroatoms. The number of thioether (sulfide) groups is 1. The molecule has 0 unspecified atom stereocenters. The first-order chi connectivity index (χ1) is 12.8. The van der Waals surface area contributed by atoms with E-state index < -0.39 is 0 Å². The standard InChI is InChI=1S/C19H19N5OS/c25-17(23-12-4-5-13-23)14-26-19-22-21-18(15-8-10-20-11-9-15)24(19)16-6-2-1-3-7-16/h1-3,6-11H,4-5,12-14H2. The summed E-state index contributed by atoms with van der Waals surface area (Å²) in [6.07, 6.45) is 5.68. The molecule has 1 amide bonds. The number of rotatable bonds is 5. The zero-order chi connectivity index (χ0) is 17.8. The topological polar surface area (TPSA) is 63.9 Å². The van der Waals surface area contributed by atoms with Gasteiger partial charge in [-0.1, -0.05) is 30.0 Å². The second-order valence-corrected chi connectivity index (χ2v) is 7.03. The predicted molar refractivity (Wildman–Crippen MR) is 101 cm³/mol. The number of pyridine rings is 1. The highest BCUT2D eigenvalue weighted by atomic mass is 32.2. The first-order valence-electron chi connectivity index (χ1n) is 8.65. The minimum atomic E-state index is 0.167. The van der Waals surface area contributed by atoms with E-state index in [4.69, 9.17) is 0 Å². The number of benzene rings is 1. The summed E-state index contributed by atoms with van der Waals surface area (Å²) in [5.41, 5.74) is 1.91. The zero-order valence-electron chi connectivity index (χ0n) is 14.3. The van der Waals surface area contributed by atoms with Gasteiger partial charge in [0.15, 0.2) is 11.0 Å². The Bertz CT molecular complexity index is 875. The highest BCUT2D eigenvalue weighted by Gasteiger charge is 2.21.